The van der Waals surface area contributed by atoms with Crippen LogP contribution in [-0.4, -0.2) is 35.0 Å². The Bertz CT molecular complexity index is 700. The van der Waals surface area contributed by atoms with E-state index < -0.39 is 9.89 Å². The Morgan fingerprint density at radius 2 is 2.08 bits per heavy atom. The summed E-state index contributed by atoms with van der Waals surface area (Å²) in [5.74, 6) is 1.27. The summed E-state index contributed by atoms with van der Waals surface area (Å²) in [5.41, 5.74) is 3.20. The predicted molar refractivity (Wildman–Crippen MR) is 105 cm³/mol. The van der Waals surface area contributed by atoms with E-state index >= 15 is 0 Å². The Balaban J connectivity index is 1.96. The van der Waals surface area contributed by atoms with Crippen molar-refractivity contribution in [2.45, 2.75) is 35.9 Å². The molecule has 3 rings (SSSR count). The second kappa shape index (κ2) is 8.28. The van der Waals surface area contributed by atoms with Gasteiger partial charge in [-0.25, -0.2) is 4.79 Å². The number of carbonyl (C=O) groups excluding carboxylic acids is 1. The minimum atomic E-state index is -1.62. The summed E-state index contributed by atoms with van der Waals surface area (Å²) in [4.78, 5) is 14.4. The molecule has 7 heteroatoms. The van der Waals surface area contributed by atoms with Gasteiger partial charge in [0.05, 0.1) is 12.8 Å². The Morgan fingerprint density at radius 1 is 1.27 bits per heavy atom. The Kier molecular flexibility index (Phi) is 6.26. The number of alkyl halides is 3. The second-order valence-electron chi connectivity index (χ2n) is 6.66. The van der Waals surface area contributed by atoms with Crippen LogP contribution in [0.15, 0.2) is 29.8 Å². The van der Waals surface area contributed by atoms with Crippen molar-refractivity contribution in [1.82, 2.24) is 4.90 Å². The fourth-order valence-electron chi connectivity index (χ4n) is 3.80. The molecule has 1 aromatic carbocycles. The summed E-state index contributed by atoms with van der Waals surface area (Å²) in [6.07, 6.45) is 4.98. The van der Waals surface area contributed by atoms with Crippen LogP contribution in [0.3, 0.4) is 0 Å². The molecule has 0 saturated heterocycles. The molecular weight excluding hydrogens is 397 g/mol. The van der Waals surface area contributed by atoms with Gasteiger partial charge in [-0.05, 0) is 49.3 Å². The first kappa shape index (κ1) is 19.7. The van der Waals surface area contributed by atoms with Gasteiger partial charge in [-0.1, -0.05) is 53.4 Å². The molecule has 1 unspecified atom stereocenters. The van der Waals surface area contributed by atoms with Crippen molar-refractivity contribution in [3.8, 4) is 5.75 Å². The fourth-order valence-corrected chi connectivity index (χ4v) is 3.96. The van der Waals surface area contributed by atoms with E-state index in [0.717, 1.165) is 36.3 Å². The lowest BCUT2D eigenvalue weighted by Crippen LogP contribution is -2.38. The summed E-state index contributed by atoms with van der Waals surface area (Å²) in [5, 5.41) is 0. The quantitative estimate of drug-likeness (QED) is 0.581. The van der Waals surface area contributed by atoms with Gasteiger partial charge in [-0.15, -0.1) is 0 Å². The third-order valence-corrected chi connectivity index (χ3v) is 5.27. The monoisotopic (exact) mass is 417 g/mol. The van der Waals surface area contributed by atoms with Gasteiger partial charge in [0.2, 0.25) is 3.79 Å². The molecule has 1 fully saturated rings. The predicted octanol–water partition coefficient (Wildman–Crippen LogP) is 5.81. The number of hydrogen-bond donors (Lipinski definition) is 0. The molecular formula is C19H22Cl3NO3. The fraction of sp³-hybridized carbons (Fsp3) is 0.526. The van der Waals surface area contributed by atoms with Crippen molar-refractivity contribution >= 4 is 46.6 Å². The molecule has 0 bridgehead atoms. The summed E-state index contributed by atoms with van der Waals surface area (Å²) < 4.78 is 9.00. The van der Waals surface area contributed by atoms with E-state index in [1.165, 1.54) is 18.4 Å². The van der Waals surface area contributed by atoms with Crippen LogP contribution in [-0.2, 0) is 4.74 Å². The summed E-state index contributed by atoms with van der Waals surface area (Å²) >= 11 is 17.2. The molecule has 2 aliphatic rings. The lowest BCUT2D eigenvalue weighted by molar-refractivity contribution is 0.117. The Labute approximate surface area is 169 Å². The minimum Gasteiger partial charge on any atom is -0.497 e. The van der Waals surface area contributed by atoms with Gasteiger partial charge in [0.1, 0.15) is 12.4 Å². The van der Waals surface area contributed by atoms with Gasteiger partial charge in [0.15, 0.2) is 0 Å². The van der Waals surface area contributed by atoms with Gasteiger partial charge in [0, 0.05) is 12.1 Å². The molecule has 0 radical (unpaired) electrons. The average Bonchev–Trinajstić information content (AvgIpc) is 2.64. The largest absolute Gasteiger partial charge is 0.497 e. The van der Waals surface area contributed by atoms with Crippen LogP contribution < -0.4 is 4.74 Å². The topological polar surface area (TPSA) is 38.8 Å². The summed E-state index contributed by atoms with van der Waals surface area (Å²) in [6.45, 7) is 0.316. The number of rotatable bonds is 3. The molecule has 0 N–H and O–H groups in total. The molecule has 1 saturated carbocycles. The molecule has 1 aromatic rings. The smallest absolute Gasteiger partial charge is 0.414 e. The standard InChI is InChI=1S/C19H22Cl3NO3/c1-25-15-7-4-6-14(11-15)17-16-8-3-2-5-13(16)9-10-23(17)18(24)26-12-19(20,21)22/h4,6-7,11,13H,2-3,5,8-10,12H2,1H3. The van der Waals surface area contributed by atoms with Crippen molar-refractivity contribution in [2.75, 3.05) is 20.3 Å². The molecule has 1 heterocycles. The zero-order valence-electron chi connectivity index (χ0n) is 14.6. The number of allylic oxidation sites excluding steroid dienone is 1. The number of amides is 1. The summed E-state index contributed by atoms with van der Waals surface area (Å²) in [6, 6.07) is 7.77. The van der Waals surface area contributed by atoms with Gasteiger partial charge >= 0.3 is 6.09 Å². The van der Waals surface area contributed by atoms with E-state index in [0.29, 0.717) is 12.5 Å². The average molecular weight is 419 g/mol. The van der Waals surface area contributed by atoms with Crippen LogP contribution in [0.5, 0.6) is 5.75 Å². The van der Waals surface area contributed by atoms with Crippen LogP contribution in [0.1, 0.15) is 37.7 Å². The van der Waals surface area contributed by atoms with Crippen molar-refractivity contribution in [3.05, 3.63) is 35.4 Å². The number of fused-ring (bicyclic) bond motifs is 1. The first-order chi connectivity index (χ1) is 12.4. The molecule has 1 amide bonds. The van der Waals surface area contributed by atoms with E-state index in [1.807, 2.05) is 24.3 Å². The van der Waals surface area contributed by atoms with Crippen molar-refractivity contribution in [3.63, 3.8) is 0 Å². The maximum Gasteiger partial charge on any atom is 0.414 e. The second-order valence-corrected chi connectivity index (χ2v) is 9.17. The zero-order chi connectivity index (χ0) is 18.7. The number of nitrogens with zero attached hydrogens (tertiary/aromatic N) is 1. The van der Waals surface area contributed by atoms with E-state index in [4.69, 9.17) is 44.3 Å². The third kappa shape index (κ3) is 4.59. The van der Waals surface area contributed by atoms with Gasteiger partial charge in [-0.2, -0.15) is 0 Å². The van der Waals surface area contributed by atoms with E-state index in [-0.39, 0.29) is 6.61 Å². The lowest BCUT2D eigenvalue weighted by atomic mass is 9.77. The van der Waals surface area contributed by atoms with Crippen molar-refractivity contribution < 1.29 is 14.3 Å². The highest BCUT2D eigenvalue weighted by atomic mass is 35.6. The maximum atomic E-state index is 12.7. The lowest BCUT2D eigenvalue weighted by Gasteiger charge is -2.38. The highest BCUT2D eigenvalue weighted by Gasteiger charge is 2.35. The first-order valence-corrected chi connectivity index (χ1v) is 9.91. The van der Waals surface area contributed by atoms with Crippen LogP contribution in [0.2, 0.25) is 0 Å². The molecule has 1 atom stereocenters. The highest BCUT2D eigenvalue weighted by molar-refractivity contribution is 6.67. The van der Waals surface area contributed by atoms with Crippen LogP contribution in [0.4, 0.5) is 4.79 Å². The van der Waals surface area contributed by atoms with Gasteiger partial charge in [0.25, 0.3) is 0 Å². The number of carbonyl (C=O) groups is 1. The molecule has 0 aromatic heterocycles. The Morgan fingerprint density at radius 3 is 2.81 bits per heavy atom. The van der Waals surface area contributed by atoms with Gasteiger partial charge < -0.3 is 9.47 Å². The van der Waals surface area contributed by atoms with Crippen LogP contribution in [0, 0.1) is 5.92 Å². The van der Waals surface area contributed by atoms with Crippen LogP contribution >= 0.6 is 34.8 Å². The number of benzene rings is 1. The Hall–Kier alpha value is -1.10. The molecule has 26 heavy (non-hydrogen) atoms. The minimum absolute atomic E-state index is 0.281. The molecule has 142 valence electrons. The zero-order valence-corrected chi connectivity index (χ0v) is 16.9. The molecule has 1 aliphatic heterocycles. The number of halogens is 3. The van der Waals surface area contributed by atoms with E-state index in [2.05, 4.69) is 0 Å². The normalized spacial score (nSPS) is 20.6. The molecule has 1 aliphatic carbocycles. The van der Waals surface area contributed by atoms with E-state index in [9.17, 15) is 4.79 Å². The number of methoxy groups -OCH3 is 1. The van der Waals surface area contributed by atoms with Crippen molar-refractivity contribution in [2.24, 2.45) is 5.92 Å². The SMILES string of the molecule is COc1cccc(C2=C3CCCCC3CCN2C(=O)OCC(Cl)(Cl)Cl)c1. The van der Waals surface area contributed by atoms with Gasteiger partial charge in [-0.3, -0.25) is 4.90 Å². The maximum absolute atomic E-state index is 12.7. The number of hydrogen-bond acceptors (Lipinski definition) is 3. The molecule has 4 nitrogen and oxygen atoms in total. The van der Waals surface area contributed by atoms with Crippen molar-refractivity contribution in [1.29, 1.82) is 0 Å². The highest BCUT2D eigenvalue weighted by Crippen LogP contribution is 2.43. The summed E-state index contributed by atoms with van der Waals surface area (Å²) in [7, 11) is 1.63. The number of ether oxygens (including phenoxy) is 2. The first-order valence-electron chi connectivity index (χ1n) is 8.77. The van der Waals surface area contributed by atoms with E-state index in [1.54, 1.807) is 12.0 Å². The third-order valence-electron chi connectivity index (χ3n) is 4.94. The molecule has 0 spiro atoms. The van der Waals surface area contributed by atoms with Crippen LogP contribution in [0.25, 0.3) is 5.70 Å².